The molecule has 1 unspecified atom stereocenters. The third-order valence-corrected chi connectivity index (χ3v) is 11.3. The number of carbonyl (C=O) groups is 2. The molecule has 0 aromatic rings. The van der Waals surface area contributed by atoms with Crippen LogP contribution in [-0.2, 0) is 19.1 Å². The van der Waals surface area contributed by atoms with Gasteiger partial charge in [-0.2, -0.15) is 0 Å². The van der Waals surface area contributed by atoms with Crippen molar-refractivity contribution in [3.05, 3.63) is 158 Å². The smallest absolute Gasteiger partial charge is 0.306 e. The van der Waals surface area contributed by atoms with Gasteiger partial charge in [-0.1, -0.05) is 236 Å². The normalized spacial score (nSPS) is 13.5. The van der Waals surface area contributed by atoms with E-state index in [1.54, 1.807) is 0 Å². The maximum absolute atomic E-state index is 12.3. The molecule has 0 aromatic carbocycles. The Balaban J connectivity index is 3.71. The summed E-state index contributed by atoms with van der Waals surface area (Å²) in [4.78, 5) is 24.4. The van der Waals surface area contributed by atoms with E-state index in [4.69, 9.17) is 9.47 Å². The van der Waals surface area contributed by atoms with Gasteiger partial charge in [-0.05, 0) is 128 Å². The van der Waals surface area contributed by atoms with Gasteiger partial charge in [0.25, 0.3) is 0 Å². The molecule has 0 spiro atoms. The summed E-state index contributed by atoms with van der Waals surface area (Å²) in [6, 6.07) is 0. The van der Waals surface area contributed by atoms with Gasteiger partial charge in [-0.3, -0.25) is 9.59 Å². The van der Waals surface area contributed by atoms with Crippen molar-refractivity contribution < 1.29 is 24.2 Å². The first-order valence-corrected chi connectivity index (χ1v) is 28.0. The first kappa shape index (κ1) is 65.5. The quantitative estimate of drug-likeness (QED) is 0.0374. The highest BCUT2D eigenvalue weighted by atomic mass is 16.6. The molecule has 0 amide bonds. The topological polar surface area (TPSA) is 72.8 Å². The number of hydrogen-bond donors (Lipinski definition) is 1. The highest BCUT2D eigenvalue weighted by molar-refractivity contribution is 5.70. The molecule has 0 heterocycles. The van der Waals surface area contributed by atoms with Crippen LogP contribution < -0.4 is 0 Å². The van der Waals surface area contributed by atoms with E-state index in [0.717, 1.165) is 109 Å². The number of unbranched alkanes of at least 4 members (excludes halogenated alkanes) is 15. The van der Waals surface area contributed by atoms with Crippen LogP contribution in [0.4, 0.5) is 0 Å². The van der Waals surface area contributed by atoms with E-state index in [-0.39, 0.29) is 31.6 Å². The van der Waals surface area contributed by atoms with E-state index in [1.807, 2.05) is 0 Å². The molecule has 0 aromatic heterocycles. The molecular formula is C65H102O5. The summed E-state index contributed by atoms with van der Waals surface area (Å²) in [6.45, 7) is 3.97. The number of rotatable bonds is 49. The second kappa shape index (κ2) is 58.8. The standard InChI is InChI=1S/C65H102O5/c1-3-5-7-9-11-13-15-17-19-21-22-23-24-25-26-27-28-29-30-31-32-33-34-35-36-37-38-39-40-41-42-44-46-48-50-52-54-56-58-60-65(68)70-63(61-66)62-69-64(67)59-57-55-53-51-49-47-45-43-20-18-16-14-12-10-8-6-4-2/h5,7,11,13,17-20,22-23,25-26,28-29,31-32,34-35,37-38,40-41,44,46,50,52,63,66H,3-4,6,8-10,12,14-16,21,24,27,30,33,36,39,42-43,45,47-49,51,53-62H2,1-2H3/b7-5-,13-11-,19-17-,20-18-,23-22-,26-25-,29-28-,32-31-,35-34-,38-37-,41-40-,46-44-,52-50-. The van der Waals surface area contributed by atoms with Crippen LogP contribution in [0.3, 0.4) is 0 Å². The lowest BCUT2D eigenvalue weighted by atomic mass is 10.1. The molecule has 5 heteroatoms. The van der Waals surface area contributed by atoms with Crippen LogP contribution in [0.15, 0.2) is 158 Å². The third kappa shape index (κ3) is 56.1. The SMILES string of the molecule is CC/C=C\C/C=C\C/C=C\C/C=C\C/C=C\C/C=C\C/C=C\C/C=C\C/C=C\C/C=C\C/C=C\C/C=C\CCCCC(=O)OC(CO)COC(=O)CCCCCCCCC/C=C\CCCCCCCC. The molecule has 0 aliphatic heterocycles. The number of aliphatic hydroxyl groups excluding tert-OH is 1. The first-order chi connectivity index (χ1) is 34.6. The zero-order valence-corrected chi connectivity index (χ0v) is 44.7. The molecule has 1 N–H and O–H groups in total. The second-order valence-corrected chi connectivity index (χ2v) is 17.9. The monoisotopic (exact) mass is 963 g/mol. The number of hydrogen-bond acceptors (Lipinski definition) is 5. The average molecular weight is 964 g/mol. The van der Waals surface area contributed by atoms with E-state index >= 15 is 0 Å². The van der Waals surface area contributed by atoms with Crippen LogP contribution in [0, 0.1) is 0 Å². The number of carbonyl (C=O) groups excluding carboxylic acids is 2. The first-order valence-electron chi connectivity index (χ1n) is 28.0. The fraction of sp³-hybridized carbons (Fsp3) is 0.569. The molecule has 0 aliphatic rings. The Kier molecular flexibility index (Phi) is 55.1. The molecule has 0 rings (SSSR count). The van der Waals surface area contributed by atoms with Crippen molar-refractivity contribution in [2.24, 2.45) is 0 Å². The molecule has 0 radical (unpaired) electrons. The van der Waals surface area contributed by atoms with E-state index in [9.17, 15) is 14.7 Å². The number of allylic oxidation sites excluding steroid dienone is 26. The summed E-state index contributed by atoms with van der Waals surface area (Å²) in [5, 5.41) is 9.63. The summed E-state index contributed by atoms with van der Waals surface area (Å²) in [6.07, 6.45) is 90.6. The molecule has 70 heavy (non-hydrogen) atoms. The fourth-order valence-electron chi connectivity index (χ4n) is 7.12. The van der Waals surface area contributed by atoms with Gasteiger partial charge < -0.3 is 14.6 Å². The molecule has 5 nitrogen and oxygen atoms in total. The molecule has 0 saturated heterocycles. The number of ether oxygens (including phenoxy) is 2. The van der Waals surface area contributed by atoms with Gasteiger partial charge in [0.1, 0.15) is 6.61 Å². The van der Waals surface area contributed by atoms with E-state index in [0.29, 0.717) is 12.8 Å². The molecule has 0 saturated carbocycles. The number of esters is 2. The minimum absolute atomic E-state index is 0.0951. The van der Waals surface area contributed by atoms with Crippen molar-refractivity contribution in [2.45, 2.75) is 225 Å². The van der Waals surface area contributed by atoms with Crippen LogP contribution in [0.5, 0.6) is 0 Å². The Morgan fingerprint density at radius 1 is 0.343 bits per heavy atom. The second-order valence-electron chi connectivity index (χ2n) is 17.9. The van der Waals surface area contributed by atoms with Crippen LogP contribution in [0.25, 0.3) is 0 Å². The van der Waals surface area contributed by atoms with Crippen molar-refractivity contribution in [1.82, 2.24) is 0 Å². The van der Waals surface area contributed by atoms with E-state index in [1.165, 1.54) is 77.0 Å². The van der Waals surface area contributed by atoms with E-state index < -0.39 is 6.10 Å². The lowest BCUT2D eigenvalue weighted by Crippen LogP contribution is -2.28. The Hall–Kier alpha value is -4.48. The van der Waals surface area contributed by atoms with Crippen LogP contribution in [-0.4, -0.2) is 36.4 Å². The summed E-state index contributed by atoms with van der Waals surface area (Å²) in [5.74, 6) is -0.657. The minimum Gasteiger partial charge on any atom is -0.462 e. The zero-order valence-electron chi connectivity index (χ0n) is 44.7. The van der Waals surface area contributed by atoms with Crippen LogP contribution in [0.1, 0.15) is 219 Å². The molecular weight excluding hydrogens is 861 g/mol. The Bertz CT molecular complexity index is 1560. The van der Waals surface area contributed by atoms with Gasteiger partial charge in [0.15, 0.2) is 6.10 Å². The van der Waals surface area contributed by atoms with Gasteiger partial charge in [-0.25, -0.2) is 0 Å². The van der Waals surface area contributed by atoms with Crippen molar-refractivity contribution in [1.29, 1.82) is 0 Å². The van der Waals surface area contributed by atoms with Crippen molar-refractivity contribution >= 4 is 11.9 Å². The Morgan fingerprint density at radius 3 is 0.971 bits per heavy atom. The molecule has 0 aliphatic carbocycles. The highest BCUT2D eigenvalue weighted by Crippen LogP contribution is 2.13. The average Bonchev–Trinajstić information content (AvgIpc) is 3.36. The van der Waals surface area contributed by atoms with Gasteiger partial charge in [0, 0.05) is 12.8 Å². The maximum Gasteiger partial charge on any atom is 0.306 e. The third-order valence-electron chi connectivity index (χ3n) is 11.3. The van der Waals surface area contributed by atoms with Gasteiger partial charge in [0.2, 0.25) is 0 Å². The summed E-state index contributed by atoms with van der Waals surface area (Å²) >= 11 is 0. The predicted octanol–water partition coefficient (Wildman–Crippen LogP) is 19.2. The van der Waals surface area contributed by atoms with Gasteiger partial charge in [-0.15, -0.1) is 0 Å². The molecule has 1 atom stereocenters. The van der Waals surface area contributed by atoms with E-state index in [2.05, 4.69) is 172 Å². The molecule has 0 fully saturated rings. The van der Waals surface area contributed by atoms with Gasteiger partial charge in [0.05, 0.1) is 6.61 Å². The largest absolute Gasteiger partial charge is 0.462 e. The number of aliphatic hydroxyl groups is 1. The zero-order chi connectivity index (χ0) is 50.6. The predicted molar refractivity (Wildman–Crippen MR) is 306 cm³/mol. The van der Waals surface area contributed by atoms with Crippen LogP contribution in [0.2, 0.25) is 0 Å². The fourth-order valence-corrected chi connectivity index (χ4v) is 7.12. The molecule has 392 valence electrons. The summed E-state index contributed by atoms with van der Waals surface area (Å²) < 4.78 is 10.6. The molecule has 0 bridgehead atoms. The Labute approximate surface area is 430 Å². The maximum atomic E-state index is 12.3. The van der Waals surface area contributed by atoms with Crippen LogP contribution >= 0.6 is 0 Å². The van der Waals surface area contributed by atoms with Crippen molar-refractivity contribution in [2.75, 3.05) is 13.2 Å². The minimum atomic E-state index is -0.808. The van der Waals surface area contributed by atoms with Crippen molar-refractivity contribution in [3.8, 4) is 0 Å². The van der Waals surface area contributed by atoms with Gasteiger partial charge >= 0.3 is 11.9 Å². The Morgan fingerprint density at radius 2 is 0.614 bits per heavy atom. The summed E-state index contributed by atoms with van der Waals surface area (Å²) in [7, 11) is 0. The van der Waals surface area contributed by atoms with Crippen molar-refractivity contribution in [3.63, 3.8) is 0 Å². The summed E-state index contributed by atoms with van der Waals surface area (Å²) in [5.41, 5.74) is 0. The lowest BCUT2D eigenvalue weighted by molar-refractivity contribution is -0.161. The highest BCUT2D eigenvalue weighted by Gasteiger charge is 2.16. The lowest BCUT2D eigenvalue weighted by Gasteiger charge is -2.15.